The van der Waals surface area contributed by atoms with Gasteiger partial charge in [-0.25, -0.2) is 13.2 Å². The molecule has 0 fully saturated rings. The fraction of sp³-hybridized carbons (Fsp3) is 0.231. The number of benzene rings is 3. The highest BCUT2D eigenvalue weighted by molar-refractivity contribution is 5.72. The van der Waals surface area contributed by atoms with Crippen LogP contribution in [0.25, 0.3) is 16.7 Å². The Labute approximate surface area is 187 Å². The summed E-state index contributed by atoms with van der Waals surface area (Å²) in [5.41, 5.74) is 1.41. The van der Waals surface area contributed by atoms with Gasteiger partial charge in [-0.2, -0.15) is 8.78 Å². The lowest BCUT2D eigenvalue weighted by Crippen LogP contribution is -2.08. The zero-order chi connectivity index (χ0) is 23.7. The molecule has 0 aromatic heterocycles. The molecule has 0 heterocycles. The van der Waals surface area contributed by atoms with Gasteiger partial charge in [-0.15, -0.1) is 0 Å². The molecule has 0 aliphatic heterocycles. The number of phenolic OH excluding ortho intramolecular Hbond substituents is 2. The maximum Gasteiger partial charge on any atom is 0.200 e. The van der Waals surface area contributed by atoms with E-state index in [-0.39, 0.29) is 22.6 Å². The van der Waals surface area contributed by atoms with Gasteiger partial charge >= 0.3 is 0 Å². The molecule has 1 aliphatic rings. The van der Waals surface area contributed by atoms with E-state index < -0.39 is 40.6 Å². The highest BCUT2D eigenvalue weighted by atomic mass is 19.2. The number of aryl methyl sites for hydroxylation is 1. The van der Waals surface area contributed by atoms with Gasteiger partial charge < -0.3 is 10.2 Å². The number of aromatic hydroxyl groups is 2. The number of rotatable bonds is 5. The van der Waals surface area contributed by atoms with Gasteiger partial charge in [0.25, 0.3) is 0 Å². The minimum Gasteiger partial charge on any atom is -0.505 e. The molecular weight excluding hydrogens is 439 g/mol. The van der Waals surface area contributed by atoms with Crippen molar-refractivity contribution in [1.82, 2.24) is 0 Å². The fourth-order valence-electron chi connectivity index (χ4n) is 4.23. The van der Waals surface area contributed by atoms with Crippen LogP contribution in [0.5, 0.6) is 11.5 Å². The van der Waals surface area contributed by atoms with E-state index in [1.54, 1.807) is 6.07 Å². The fourth-order valence-corrected chi connectivity index (χ4v) is 4.23. The number of hydrogen-bond donors (Lipinski definition) is 2. The SMILES string of the molecule is Oc1ccc(CCC2CC=C(c3ccc(-c4ccc(O)c(F)c4F)c(F)c3)CC2)c(F)c1F. The van der Waals surface area contributed by atoms with E-state index >= 15 is 0 Å². The summed E-state index contributed by atoms with van der Waals surface area (Å²) in [7, 11) is 0. The number of phenols is 2. The van der Waals surface area contributed by atoms with E-state index in [1.165, 1.54) is 18.2 Å². The molecule has 0 radical (unpaired) electrons. The van der Waals surface area contributed by atoms with Crippen molar-refractivity contribution in [3.63, 3.8) is 0 Å². The Hall–Kier alpha value is -3.35. The third-order valence-electron chi connectivity index (χ3n) is 6.18. The quantitative estimate of drug-likeness (QED) is 0.393. The van der Waals surface area contributed by atoms with E-state index in [4.69, 9.17) is 0 Å². The van der Waals surface area contributed by atoms with Crippen LogP contribution in [0.3, 0.4) is 0 Å². The second-order valence-corrected chi connectivity index (χ2v) is 8.24. The second kappa shape index (κ2) is 9.25. The Balaban J connectivity index is 1.44. The van der Waals surface area contributed by atoms with Crippen molar-refractivity contribution >= 4 is 5.57 Å². The largest absolute Gasteiger partial charge is 0.505 e. The van der Waals surface area contributed by atoms with Crippen molar-refractivity contribution in [2.75, 3.05) is 0 Å². The lowest BCUT2D eigenvalue weighted by Gasteiger charge is -2.22. The zero-order valence-corrected chi connectivity index (χ0v) is 17.5. The summed E-state index contributed by atoms with van der Waals surface area (Å²) in [6, 6.07) is 8.93. The maximum absolute atomic E-state index is 14.7. The Bertz CT molecular complexity index is 1240. The molecule has 7 heteroatoms. The van der Waals surface area contributed by atoms with E-state index in [2.05, 4.69) is 0 Å². The van der Waals surface area contributed by atoms with Crippen LogP contribution in [0.2, 0.25) is 0 Å². The van der Waals surface area contributed by atoms with Gasteiger partial charge in [-0.05, 0) is 79.0 Å². The topological polar surface area (TPSA) is 40.5 Å². The van der Waals surface area contributed by atoms with Crippen molar-refractivity contribution in [2.45, 2.75) is 32.1 Å². The van der Waals surface area contributed by atoms with Crippen LogP contribution in [0, 0.1) is 35.0 Å². The minimum atomic E-state index is -1.42. The molecule has 1 atom stereocenters. The molecule has 1 unspecified atom stereocenters. The molecule has 4 rings (SSSR count). The van der Waals surface area contributed by atoms with Gasteiger partial charge in [-0.3, -0.25) is 0 Å². The average Bonchev–Trinajstić information content (AvgIpc) is 2.81. The number of allylic oxidation sites excluding steroid dienone is 2. The van der Waals surface area contributed by atoms with Crippen molar-refractivity contribution in [1.29, 1.82) is 0 Å². The molecule has 0 spiro atoms. The van der Waals surface area contributed by atoms with Crippen molar-refractivity contribution in [2.24, 2.45) is 5.92 Å². The van der Waals surface area contributed by atoms with E-state index in [0.717, 1.165) is 30.2 Å². The average molecular weight is 460 g/mol. The van der Waals surface area contributed by atoms with E-state index in [0.29, 0.717) is 31.2 Å². The molecule has 3 aromatic carbocycles. The maximum atomic E-state index is 14.7. The Kier molecular flexibility index (Phi) is 6.40. The molecule has 3 aromatic rings. The number of halogens is 5. The standard InChI is InChI=1S/C26H21F5O2/c27-20-13-17(7-9-18(20)19-10-12-22(33)26(31)24(19)29)15-4-1-14(2-5-15)3-6-16-8-11-21(32)25(30)23(16)28/h4,7-14,32-33H,1-3,5-6H2. The van der Waals surface area contributed by atoms with Gasteiger partial charge in [0.2, 0.25) is 11.6 Å². The minimum absolute atomic E-state index is 0.104. The number of hydrogen-bond acceptors (Lipinski definition) is 2. The Morgan fingerprint density at radius 1 is 0.758 bits per heavy atom. The highest BCUT2D eigenvalue weighted by Gasteiger charge is 2.20. The van der Waals surface area contributed by atoms with Gasteiger partial charge in [-0.1, -0.05) is 24.3 Å². The molecule has 0 saturated carbocycles. The third-order valence-corrected chi connectivity index (χ3v) is 6.18. The van der Waals surface area contributed by atoms with Crippen LogP contribution < -0.4 is 0 Å². The van der Waals surface area contributed by atoms with Crippen molar-refractivity contribution in [3.05, 3.63) is 88.8 Å². The highest BCUT2D eigenvalue weighted by Crippen LogP contribution is 2.36. The van der Waals surface area contributed by atoms with Gasteiger partial charge in [0.05, 0.1) is 0 Å². The summed E-state index contributed by atoms with van der Waals surface area (Å²) in [5.74, 6) is -7.00. The summed E-state index contributed by atoms with van der Waals surface area (Å²) in [5, 5.41) is 18.5. The molecule has 0 saturated heterocycles. The third kappa shape index (κ3) is 4.58. The molecule has 2 nitrogen and oxygen atoms in total. The first-order valence-corrected chi connectivity index (χ1v) is 10.6. The van der Waals surface area contributed by atoms with E-state index in [9.17, 15) is 32.2 Å². The lowest BCUT2D eigenvalue weighted by molar-refractivity contribution is 0.399. The normalized spacial score (nSPS) is 16.0. The van der Waals surface area contributed by atoms with Gasteiger partial charge in [0, 0.05) is 11.1 Å². The predicted molar refractivity (Wildman–Crippen MR) is 115 cm³/mol. The van der Waals surface area contributed by atoms with E-state index in [1.807, 2.05) is 6.08 Å². The predicted octanol–water partition coefficient (Wildman–Crippen LogP) is 7.28. The summed E-state index contributed by atoms with van der Waals surface area (Å²) in [4.78, 5) is 0. The molecular formula is C26H21F5O2. The molecule has 172 valence electrons. The Morgan fingerprint density at radius 3 is 2.09 bits per heavy atom. The summed E-state index contributed by atoms with van der Waals surface area (Å²) < 4.78 is 69.9. The van der Waals surface area contributed by atoms with Crippen LogP contribution in [-0.4, -0.2) is 10.2 Å². The first-order valence-electron chi connectivity index (χ1n) is 10.6. The van der Waals surface area contributed by atoms with Crippen LogP contribution in [0.4, 0.5) is 22.0 Å². The summed E-state index contributed by atoms with van der Waals surface area (Å²) >= 11 is 0. The van der Waals surface area contributed by atoms with Crippen molar-refractivity contribution in [3.8, 4) is 22.6 Å². The zero-order valence-electron chi connectivity index (χ0n) is 17.5. The summed E-state index contributed by atoms with van der Waals surface area (Å²) in [6.07, 6.45) is 5.11. The van der Waals surface area contributed by atoms with Crippen LogP contribution in [0.15, 0.2) is 48.5 Å². The lowest BCUT2D eigenvalue weighted by atomic mass is 9.83. The first-order chi connectivity index (χ1) is 15.8. The van der Waals surface area contributed by atoms with Crippen LogP contribution in [-0.2, 0) is 6.42 Å². The second-order valence-electron chi connectivity index (χ2n) is 8.24. The molecule has 1 aliphatic carbocycles. The molecule has 0 bridgehead atoms. The monoisotopic (exact) mass is 460 g/mol. The smallest absolute Gasteiger partial charge is 0.200 e. The molecule has 33 heavy (non-hydrogen) atoms. The molecule has 2 N–H and O–H groups in total. The van der Waals surface area contributed by atoms with Crippen molar-refractivity contribution < 1.29 is 32.2 Å². The summed E-state index contributed by atoms with van der Waals surface area (Å²) in [6.45, 7) is 0. The van der Waals surface area contributed by atoms with Crippen LogP contribution in [0.1, 0.15) is 36.8 Å². The van der Waals surface area contributed by atoms with Crippen LogP contribution >= 0.6 is 0 Å². The first kappa shape index (κ1) is 22.8. The molecule has 0 amide bonds. The van der Waals surface area contributed by atoms with Gasteiger partial charge in [0.1, 0.15) is 5.82 Å². The van der Waals surface area contributed by atoms with Gasteiger partial charge in [0.15, 0.2) is 23.1 Å². The Morgan fingerprint density at radius 2 is 1.42 bits per heavy atom.